The highest BCUT2D eigenvalue weighted by molar-refractivity contribution is 8.00. The minimum Gasteiger partial charge on any atom is -0.395 e. The smallest absolute Gasteiger partial charge is 0.288 e. The second kappa shape index (κ2) is 5.49. The Balaban J connectivity index is 3.04. The molecule has 0 aliphatic rings. The minimum atomic E-state index is -0.577. The number of nitro benzene ring substituents is 1. The summed E-state index contributed by atoms with van der Waals surface area (Å²) in [5.74, 6) is 0. The van der Waals surface area contributed by atoms with E-state index in [1.165, 1.54) is 23.9 Å². The Labute approximate surface area is 96.9 Å². The molecule has 0 aliphatic carbocycles. The minimum absolute atomic E-state index is 0.00152. The van der Waals surface area contributed by atoms with Gasteiger partial charge >= 0.3 is 0 Å². The number of nitrogens with zero attached hydrogens (tertiary/aromatic N) is 2. The molecular formula is C10H10N2O3S. The van der Waals surface area contributed by atoms with Crippen LogP contribution in [0.3, 0.4) is 0 Å². The molecule has 1 aromatic rings. The van der Waals surface area contributed by atoms with Crippen LogP contribution in [0.1, 0.15) is 12.5 Å². The number of aliphatic hydroxyl groups is 1. The van der Waals surface area contributed by atoms with Crippen molar-refractivity contribution in [3.05, 3.63) is 33.9 Å². The quantitative estimate of drug-likeness (QED) is 0.492. The number of hydrogen-bond acceptors (Lipinski definition) is 5. The summed E-state index contributed by atoms with van der Waals surface area (Å²) >= 11 is 1.33. The van der Waals surface area contributed by atoms with E-state index >= 15 is 0 Å². The van der Waals surface area contributed by atoms with Crippen molar-refractivity contribution < 1.29 is 10.0 Å². The second-order valence-corrected chi connectivity index (χ2v) is 4.67. The first-order valence-corrected chi connectivity index (χ1v) is 5.42. The van der Waals surface area contributed by atoms with Crippen LogP contribution in [0.25, 0.3) is 0 Å². The van der Waals surface area contributed by atoms with Crippen molar-refractivity contribution in [1.29, 1.82) is 5.26 Å². The molecule has 0 spiro atoms. The van der Waals surface area contributed by atoms with Gasteiger partial charge in [-0.3, -0.25) is 10.1 Å². The van der Waals surface area contributed by atoms with E-state index in [1.54, 1.807) is 12.1 Å². The van der Waals surface area contributed by atoms with Crippen LogP contribution >= 0.6 is 11.8 Å². The maximum atomic E-state index is 10.7. The average molecular weight is 238 g/mol. The molecule has 0 aromatic heterocycles. The van der Waals surface area contributed by atoms with Crippen molar-refractivity contribution >= 4 is 17.4 Å². The molecule has 5 nitrogen and oxygen atoms in total. The van der Waals surface area contributed by atoms with Crippen LogP contribution in [0.2, 0.25) is 0 Å². The van der Waals surface area contributed by atoms with Gasteiger partial charge in [-0.05, 0) is 12.1 Å². The molecule has 0 heterocycles. The predicted molar refractivity (Wildman–Crippen MR) is 60.2 cm³/mol. The molecule has 0 radical (unpaired) electrons. The summed E-state index contributed by atoms with van der Waals surface area (Å²) in [5, 5.41) is 28.2. The van der Waals surface area contributed by atoms with E-state index in [0.29, 0.717) is 4.90 Å². The summed E-state index contributed by atoms with van der Waals surface area (Å²) in [6.45, 7) is 1.81. The van der Waals surface area contributed by atoms with E-state index in [4.69, 9.17) is 10.4 Å². The van der Waals surface area contributed by atoms with Gasteiger partial charge in [-0.15, -0.1) is 11.8 Å². The lowest BCUT2D eigenvalue weighted by Gasteiger charge is -2.07. The van der Waals surface area contributed by atoms with Crippen LogP contribution in [-0.2, 0) is 0 Å². The molecule has 16 heavy (non-hydrogen) atoms. The molecule has 0 saturated carbocycles. The Bertz CT molecular complexity index is 442. The van der Waals surface area contributed by atoms with Gasteiger partial charge in [0, 0.05) is 16.2 Å². The van der Waals surface area contributed by atoms with Crippen LogP contribution < -0.4 is 0 Å². The van der Waals surface area contributed by atoms with Crippen LogP contribution in [0, 0.1) is 21.4 Å². The van der Waals surface area contributed by atoms with Crippen molar-refractivity contribution in [2.45, 2.75) is 17.1 Å². The Hall–Kier alpha value is -1.58. The molecule has 1 N–H and O–H groups in total. The number of nitriles is 1. The van der Waals surface area contributed by atoms with Gasteiger partial charge in [-0.2, -0.15) is 5.26 Å². The molecule has 0 bridgehead atoms. The van der Waals surface area contributed by atoms with E-state index in [0.717, 1.165) is 0 Å². The zero-order valence-electron chi connectivity index (χ0n) is 8.58. The first-order valence-electron chi connectivity index (χ1n) is 4.54. The molecule has 0 aliphatic heterocycles. The molecule has 0 saturated heterocycles. The van der Waals surface area contributed by atoms with E-state index in [1.807, 2.05) is 6.92 Å². The molecule has 6 heteroatoms. The van der Waals surface area contributed by atoms with Crippen molar-refractivity contribution in [2.75, 3.05) is 6.61 Å². The van der Waals surface area contributed by atoms with Gasteiger partial charge in [0.1, 0.15) is 11.6 Å². The highest BCUT2D eigenvalue weighted by atomic mass is 32.2. The third-order valence-electron chi connectivity index (χ3n) is 1.88. The molecule has 84 valence electrons. The summed E-state index contributed by atoms with van der Waals surface area (Å²) in [4.78, 5) is 10.8. The lowest BCUT2D eigenvalue weighted by molar-refractivity contribution is -0.385. The fraction of sp³-hybridized carbons (Fsp3) is 0.300. The number of hydrogen-bond donors (Lipinski definition) is 1. The first kappa shape index (κ1) is 12.5. The molecule has 0 fully saturated rings. The Morgan fingerprint density at radius 2 is 2.38 bits per heavy atom. The van der Waals surface area contributed by atoms with Gasteiger partial charge in [0.25, 0.3) is 5.69 Å². The highest BCUT2D eigenvalue weighted by Gasteiger charge is 2.15. The molecular weight excluding hydrogens is 228 g/mol. The summed E-state index contributed by atoms with van der Waals surface area (Å²) in [5.41, 5.74) is -0.149. The molecule has 0 amide bonds. The maximum absolute atomic E-state index is 10.7. The summed E-state index contributed by atoms with van der Waals surface area (Å²) in [6.07, 6.45) is 0. The zero-order chi connectivity index (χ0) is 12.1. The van der Waals surface area contributed by atoms with Crippen LogP contribution in [0.5, 0.6) is 0 Å². The molecule has 1 aromatic carbocycles. The van der Waals surface area contributed by atoms with Gasteiger partial charge in [0.2, 0.25) is 0 Å². The van der Waals surface area contributed by atoms with Crippen molar-refractivity contribution in [3.8, 4) is 6.07 Å². The normalized spacial score (nSPS) is 11.8. The summed E-state index contributed by atoms with van der Waals surface area (Å²) < 4.78 is 0. The lowest BCUT2D eigenvalue weighted by atomic mass is 10.2. The van der Waals surface area contributed by atoms with E-state index in [9.17, 15) is 10.1 Å². The number of thioether (sulfide) groups is 1. The Morgan fingerprint density at radius 1 is 1.69 bits per heavy atom. The fourth-order valence-electron chi connectivity index (χ4n) is 1.10. The van der Waals surface area contributed by atoms with Crippen LogP contribution in [0.4, 0.5) is 5.69 Å². The SMILES string of the molecule is CC(CO)Sc1ccc(C#N)c([N+](=O)[O-])c1. The summed E-state index contributed by atoms with van der Waals surface area (Å²) in [6, 6.07) is 6.19. The third kappa shape index (κ3) is 2.95. The first-order chi connectivity index (χ1) is 7.58. The van der Waals surface area contributed by atoms with Gasteiger partial charge in [-0.25, -0.2) is 0 Å². The monoisotopic (exact) mass is 238 g/mol. The predicted octanol–water partition coefficient (Wildman–Crippen LogP) is 1.94. The fourth-order valence-corrected chi connectivity index (χ4v) is 1.97. The van der Waals surface area contributed by atoms with Gasteiger partial charge in [0.15, 0.2) is 0 Å². The highest BCUT2D eigenvalue weighted by Crippen LogP contribution is 2.28. The van der Waals surface area contributed by atoms with Crippen molar-refractivity contribution in [2.24, 2.45) is 0 Å². The van der Waals surface area contributed by atoms with Gasteiger partial charge in [0.05, 0.1) is 11.5 Å². The van der Waals surface area contributed by atoms with Gasteiger partial charge in [-0.1, -0.05) is 6.92 Å². The van der Waals surface area contributed by atoms with E-state index in [-0.39, 0.29) is 23.1 Å². The topological polar surface area (TPSA) is 87.2 Å². The summed E-state index contributed by atoms with van der Waals surface area (Å²) in [7, 11) is 0. The number of nitro groups is 1. The van der Waals surface area contributed by atoms with Crippen molar-refractivity contribution in [1.82, 2.24) is 0 Å². The number of benzene rings is 1. The Kier molecular flexibility index (Phi) is 4.28. The largest absolute Gasteiger partial charge is 0.395 e. The number of rotatable bonds is 4. The third-order valence-corrected chi connectivity index (χ3v) is 2.96. The second-order valence-electron chi connectivity index (χ2n) is 3.16. The lowest BCUT2D eigenvalue weighted by Crippen LogP contribution is -2.01. The van der Waals surface area contributed by atoms with Gasteiger partial charge < -0.3 is 5.11 Å². The average Bonchev–Trinajstić information content (AvgIpc) is 2.28. The Morgan fingerprint density at radius 3 is 2.88 bits per heavy atom. The molecule has 1 rings (SSSR count). The molecule has 1 atom stereocenters. The van der Waals surface area contributed by atoms with Crippen molar-refractivity contribution in [3.63, 3.8) is 0 Å². The van der Waals surface area contributed by atoms with E-state index < -0.39 is 4.92 Å². The maximum Gasteiger partial charge on any atom is 0.288 e. The zero-order valence-corrected chi connectivity index (χ0v) is 9.40. The number of aliphatic hydroxyl groups excluding tert-OH is 1. The standard InChI is InChI=1S/C10H10N2O3S/c1-7(6-13)16-9-3-2-8(5-11)10(4-9)12(14)15/h2-4,7,13H,6H2,1H3. The van der Waals surface area contributed by atoms with Crippen LogP contribution in [0.15, 0.2) is 23.1 Å². The van der Waals surface area contributed by atoms with E-state index in [2.05, 4.69) is 0 Å². The molecule has 1 unspecified atom stereocenters. The van der Waals surface area contributed by atoms with Crippen LogP contribution in [-0.4, -0.2) is 21.9 Å².